The molecule has 2 atom stereocenters. The summed E-state index contributed by atoms with van der Waals surface area (Å²) in [4.78, 5) is 0. The van der Waals surface area contributed by atoms with Crippen LogP contribution in [0.1, 0.15) is 32.4 Å². The molecule has 90 valence electrons. The van der Waals surface area contributed by atoms with Crippen molar-refractivity contribution in [3.63, 3.8) is 0 Å². The van der Waals surface area contributed by atoms with Crippen molar-refractivity contribution >= 4 is 23.2 Å². The third kappa shape index (κ3) is 3.11. The highest BCUT2D eigenvalue weighted by Gasteiger charge is 2.30. The van der Waals surface area contributed by atoms with Crippen molar-refractivity contribution in [2.24, 2.45) is 11.1 Å². The summed E-state index contributed by atoms with van der Waals surface area (Å²) >= 11 is 11.8. The van der Waals surface area contributed by atoms with E-state index in [0.29, 0.717) is 15.6 Å². The molecule has 1 aromatic rings. The van der Waals surface area contributed by atoms with E-state index in [1.54, 1.807) is 18.2 Å². The molecule has 4 heteroatoms. The highest BCUT2D eigenvalue weighted by Crippen LogP contribution is 2.32. The first kappa shape index (κ1) is 13.8. The van der Waals surface area contributed by atoms with Crippen LogP contribution in [-0.4, -0.2) is 11.2 Å². The standard InChI is InChI=1S/C12H17Cl2NO/c1-12(2,3)11(16)10(15)8-5-4-7(13)6-9(8)14/h4-6,10-11,16H,15H2,1-3H3/t10-,11-/m0/s1. The Labute approximate surface area is 106 Å². The van der Waals surface area contributed by atoms with Gasteiger partial charge in [-0.15, -0.1) is 0 Å². The van der Waals surface area contributed by atoms with E-state index in [1.165, 1.54) is 0 Å². The molecule has 0 fully saturated rings. The Morgan fingerprint density at radius 1 is 1.25 bits per heavy atom. The van der Waals surface area contributed by atoms with Crippen molar-refractivity contribution in [1.82, 2.24) is 0 Å². The molecular formula is C12H17Cl2NO. The van der Waals surface area contributed by atoms with Crippen LogP contribution in [-0.2, 0) is 0 Å². The molecule has 0 heterocycles. The van der Waals surface area contributed by atoms with Gasteiger partial charge in [0.2, 0.25) is 0 Å². The first-order valence-electron chi connectivity index (χ1n) is 5.12. The molecule has 0 saturated carbocycles. The van der Waals surface area contributed by atoms with Gasteiger partial charge in [0.1, 0.15) is 0 Å². The SMILES string of the molecule is CC(C)(C)[C@@H](O)[C@@H](N)c1ccc(Cl)cc1Cl. The third-order valence-electron chi connectivity index (χ3n) is 2.55. The van der Waals surface area contributed by atoms with E-state index >= 15 is 0 Å². The molecule has 0 aliphatic rings. The number of rotatable bonds is 2. The van der Waals surface area contributed by atoms with E-state index in [-0.39, 0.29) is 5.41 Å². The maximum atomic E-state index is 10.1. The molecule has 16 heavy (non-hydrogen) atoms. The van der Waals surface area contributed by atoms with Crippen molar-refractivity contribution in [2.75, 3.05) is 0 Å². The number of halogens is 2. The van der Waals surface area contributed by atoms with Crippen LogP contribution in [0.4, 0.5) is 0 Å². The van der Waals surface area contributed by atoms with E-state index in [4.69, 9.17) is 28.9 Å². The summed E-state index contributed by atoms with van der Waals surface area (Å²) in [6, 6.07) is 4.60. The van der Waals surface area contributed by atoms with Crippen LogP contribution in [0, 0.1) is 5.41 Å². The first-order valence-corrected chi connectivity index (χ1v) is 5.87. The molecule has 1 rings (SSSR count). The van der Waals surface area contributed by atoms with Gasteiger partial charge in [-0.25, -0.2) is 0 Å². The van der Waals surface area contributed by atoms with Gasteiger partial charge in [-0.1, -0.05) is 50.0 Å². The lowest BCUT2D eigenvalue weighted by Gasteiger charge is -2.31. The quantitative estimate of drug-likeness (QED) is 0.858. The molecule has 0 aliphatic heterocycles. The monoisotopic (exact) mass is 261 g/mol. The Bertz CT molecular complexity index is 374. The molecule has 0 spiro atoms. The molecule has 0 aliphatic carbocycles. The second-order valence-electron chi connectivity index (χ2n) is 5.00. The van der Waals surface area contributed by atoms with Crippen molar-refractivity contribution in [3.8, 4) is 0 Å². The fraction of sp³-hybridized carbons (Fsp3) is 0.500. The van der Waals surface area contributed by atoms with Gasteiger partial charge in [0, 0.05) is 10.0 Å². The maximum absolute atomic E-state index is 10.1. The summed E-state index contributed by atoms with van der Waals surface area (Å²) < 4.78 is 0. The van der Waals surface area contributed by atoms with Gasteiger partial charge in [0.25, 0.3) is 0 Å². The highest BCUT2D eigenvalue weighted by molar-refractivity contribution is 6.35. The first-order chi connectivity index (χ1) is 7.23. The Morgan fingerprint density at radius 2 is 1.81 bits per heavy atom. The fourth-order valence-electron chi connectivity index (χ4n) is 1.48. The average molecular weight is 262 g/mol. The average Bonchev–Trinajstić information content (AvgIpc) is 2.14. The summed E-state index contributed by atoms with van der Waals surface area (Å²) in [5, 5.41) is 11.1. The topological polar surface area (TPSA) is 46.2 Å². The zero-order valence-electron chi connectivity index (χ0n) is 9.67. The van der Waals surface area contributed by atoms with Crippen molar-refractivity contribution < 1.29 is 5.11 Å². The Kier molecular flexibility index (Phi) is 4.24. The fourth-order valence-corrected chi connectivity index (χ4v) is 2.02. The number of benzene rings is 1. The summed E-state index contributed by atoms with van der Waals surface area (Å²) in [7, 11) is 0. The zero-order valence-corrected chi connectivity index (χ0v) is 11.2. The summed E-state index contributed by atoms with van der Waals surface area (Å²) in [6.07, 6.45) is -0.661. The lowest BCUT2D eigenvalue weighted by atomic mass is 9.82. The van der Waals surface area contributed by atoms with Gasteiger partial charge in [-0.2, -0.15) is 0 Å². The zero-order chi connectivity index (χ0) is 12.5. The van der Waals surface area contributed by atoms with Gasteiger partial charge in [-0.05, 0) is 23.1 Å². The number of nitrogens with two attached hydrogens (primary N) is 1. The van der Waals surface area contributed by atoms with Gasteiger partial charge >= 0.3 is 0 Å². The number of hydrogen-bond donors (Lipinski definition) is 2. The second kappa shape index (κ2) is 4.92. The number of aliphatic hydroxyl groups is 1. The van der Waals surface area contributed by atoms with Crippen molar-refractivity contribution in [2.45, 2.75) is 32.9 Å². The molecular weight excluding hydrogens is 245 g/mol. The van der Waals surface area contributed by atoms with E-state index in [0.717, 1.165) is 0 Å². The van der Waals surface area contributed by atoms with E-state index < -0.39 is 12.1 Å². The number of aliphatic hydroxyl groups excluding tert-OH is 1. The Balaban J connectivity index is 3.01. The molecule has 1 aromatic carbocycles. The maximum Gasteiger partial charge on any atom is 0.0781 e. The summed E-state index contributed by atoms with van der Waals surface area (Å²) in [5.74, 6) is 0. The van der Waals surface area contributed by atoms with Crippen molar-refractivity contribution in [1.29, 1.82) is 0 Å². The molecule has 0 aromatic heterocycles. The van der Waals surface area contributed by atoms with Crippen molar-refractivity contribution in [3.05, 3.63) is 33.8 Å². The molecule has 0 saturated heterocycles. The highest BCUT2D eigenvalue weighted by atomic mass is 35.5. The minimum Gasteiger partial charge on any atom is -0.391 e. The van der Waals surface area contributed by atoms with Crippen LogP contribution >= 0.6 is 23.2 Å². The van der Waals surface area contributed by atoms with Crippen LogP contribution in [0.5, 0.6) is 0 Å². The predicted octanol–water partition coefficient (Wildman–Crippen LogP) is 3.40. The van der Waals surface area contributed by atoms with Crippen LogP contribution in [0.3, 0.4) is 0 Å². The Hall–Kier alpha value is -0.280. The second-order valence-corrected chi connectivity index (χ2v) is 5.85. The Morgan fingerprint density at radius 3 is 2.25 bits per heavy atom. The summed E-state index contributed by atoms with van der Waals surface area (Å²) in [5.41, 5.74) is 6.42. The lowest BCUT2D eigenvalue weighted by Crippen LogP contribution is -2.37. The lowest BCUT2D eigenvalue weighted by molar-refractivity contribution is 0.0401. The molecule has 0 radical (unpaired) electrons. The van der Waals surface area contributed by atoms with Gasteiger partial charge in [0.05, 0.1) is 12.1 Å². The molecule has 2 nitrogen and oxygen atoms in total. The number of hydrogen-bond acceptors (Lipinski definition) is 2. The van der Waals surface area contributed by atoms with Crippen LogP contribution in [0.2, 0.25) is 10.0 Å². The van der Waals surface area contributed by atoms with E-state index in [1.807, 2.05) is 20.8 Å². The third-order valence-corrected chi connectivity index (χ3v) is 3.11. The normalized spacial score (nSPS) is 15.9. The predicted molar refractivity (Wildman–Crippen MR) is 68.9 cm³/mol. The largest absolute Gasteiger partial charge is 0.391 e. The smallest absolute Gasteiger partial charge is 0.0781 e. The molecule has 0 bridgehead atoms. The molecule has 0 unspecified atom stereocenters. The minimum absolute atomic E-state index is 0.289. The van der Waals surface area contributed by atoms with Gasteiger partial charge < -0.3 is 10.8 Å². The van der Waals surface area contributed by atoms with Crippen LogP contribution < -0.4 is 5.73 Å². The van der Waals surface area contributed by atoms with Crippen LogP contribution in [0.25, 0.3) is 0 Å². The van der Waals surface area contributed by atoms with Crippen LogP contribution in [0.15, 0.2) is 18.2 Å². The van der Waals surface area contributed by atoms with Gasteiger partial charge in [0.15, 0.2) is 0 Å². The van der Waals surface area contributed by atoms with E-state index in [2.05, 4.69) is 0 Å². The molecule has 0 amide bonds. The minimum atomic E-state index is -0.661. The molecule has 3 N–H and O–H groups in total. The van der Waals surface area contributed by atoms with Gasteiger partial charge in [-0.3, -0.25) is 0 Å². The summed E-state index contributed by atoms with van der Waals surface area (Å²) in [6.45, 7) is 5.80. The van der Waals surface area contributed by atoms with E-state index in [9.17, 15) is 5.11 Å².